The number of Topliss-reactive ketones (excluding diaryl/α,β-unsaturated/α-hetero) is 1. The molecule has 24 heavy (non-hydrogen) atoms. The highest BCUT2D eigenvalue weighted by Crippen LogP contribution is 2.26. The average molecular weight is 331 g/mol. The number of H-pyrrole nitrogens is 1. The first kappa shape index (κ1) is 16.9. The van der Waals surface area contributed by atoms with Crippen LogP contribution in [0.15, 0.2) is 23.3 Å². The lowest BCUT2D eigenvalue weighted by molar-refractivity contribution is 0.0203. The molecular weight excluding hydrogens is 306 g/mol. The Morgan fingerprint density at radius 3 is 2.75 bits per heavy atom. The molecule has 0 aliphatic carbocycles. The van der Waals surface area contributed by atoms with Crippen LogP contribution in [0.3, 0.4) is 0 Å². The van der Waals surface area contributed by atoms with Crippen LogP contribution in [0.5, 0.6) is 0 Å². The van der Waals surface area contributed by atoms with Crippen molar-refractivity contribution in [3.63, 3.8) is 0 Å². The van der Waals surface area contributed by atoms with E-state index in [0.29, 0.717) is 22.9 Å². The normalized spacial score (nSPS) is 16.6. The first-order chi connectivity index (χ1) is 11.4. The number of morpholine rings is 1. The summed E-state index contributed by atoms with van der Waals surface area (Å²) in [4.78, 5) is 30.3. The number of aryl methyl sites for hydroxylation is 1. The Morgan fingerprint density at radius 2 is 2.04 bits per heavy atom. The fraction of sp³-hybridized carbons (Fsp3) is 0.556. The maximum absolute atomic E-state index is 12.9. The molecule has 0 atom stereocenters. The number of pyridine rings is 1. The molecule has 130 valence electrons. The fourth-order valence-corrected chi connectivity index (χ4v) is 3.44. The summed E-state index contributed by atoms with van der Waals surface area (Å²) in [5.41, 5.74) is 0.864. The number of carbonyl (C=O) groups excluding carboxylic acids is 1. The van der Waals surface area contributed by atoms with Crippen molar-refractivity contribution in [3.05, 3.63) is 34.4 Å². The highest BCUT2D eigenvalue weighted by atomic mass is 16.5. The van der Waals surface area contributed by atoms with Gasteiger partial charge in [-0.25, -0.2) is 0 Å². The van der Waals surface area contributed by atoms with Gasteiger partial charge in [0.2, 0.25) is 0 Å². The maximum atomic E-state index is 12.9. The van der Waals surface area contributed by atoms with E-state index in [9.17, 15) is 9.59 Å². The number of carbonyl (C=O) groups is 1. The number of nitrogens with one attached hydrogen (secondary N) is 1. The predicted molar refractivity (Wildman–Crippen MR) is 93.5 cm³/mol. The van der Waals surface area contributed by atoms with Crippen LogP contribution in [0.1, 0.15) is 30.6 Å². The Kier molecular flexibility index (Phi) is 4.60. The summed E-state index contributed by atoms with van der Waals surface area (Å²) in [6.45, 7) is 8.46. The highest BCUT2D eigenvalue weighted by molar-refractivity contribution is 6.07. The van der Waals surface area contributed by atoms with E-state index in [0.717, 1.165) is 32.8 Å². The lowest BCUT2D eigenvalue weighted by Gasteiger charge is -2.34. The summed E-state index contributed by atoms with van der Waals surface area (Å²) in [6, 6.07) is 1.80. The van der Waals surface area contributed by atoms with E-state index in [1.807, 2.05) is 0 Å². The fourth-order valence-electron chi connectivity index (χ4n) is 3.44. The second-order valence-corrected chi connectivity index (χ2v) is 7.38. The molecular formula is C18H25N3O3. The number of rotatable bonds is 5. The Bertz CT molecular complexity index is 797. The van der Waals surface area contributed by atoms with Crippen LogP contribution < -0.4 is 5.56 Å². The van der Waals surface area contributed by atoms with Gasteiger partial charge in [0.1, 0.15) is 5.52 Å². The smallest absolute Gasteiger partial charge is 0.274 e. The van der Waals surface area contributed by atoms with E-state index < -0.39 is 0 Å². The molecule has 0 amide bonds. The number of hydrogen-bond donors (Lipinski definition) is 1. The van der Waals surface area contributed by atoms with Gasteiger partial charge in [0.15, 0.2) is 5.78 Å². The quantitative estimate of drug-likeness (QED) is 0.849. The van der Waals surface area contributed by atoms with Crippen LogP contribution >= 0.6 is 0 Å². The Balaban J connectivity index is 1.80. The van der Waals surface area contributed by atoms with E-state index in [1.54, 1.807) is 25.5 Å². The van der Waals surface area contributed by atoms with Gasteiger partial charge in [0.05, 0.1) is 13.2 Å². The zero-order valence-electron chi connectivity index (χ0n) is 14.6. The Morgan fingerprint density at radius 1 is 1.33 bits per heavy atom. The first-order valence-electron chi connectivity index (χ1n) is 8.37. The molecule has 0 radical (unpaired) electrons. The van der Waals surface area contributed by atoms with Gasteiger partial charge in [0, 0.05) is 56.4 Å². The molecule has 2 aromatic heterocycles. The van der Waals surface area contributed by atoms with Crippen molar-refractivity contribution in [1.29, 1.82) is 0 Å². The summed E-state index contributed by atoms with van der Waals surface area (Å²) < 4.78 is 6.86. The maximum Gasteiger partial charge on any atom is 0.274 e. The van der Waals surface area contributed by atoms with Gasteiger partial charge in [0.25, 0.3) is 5.56 Å². The molecule has 0 unspecified atom stereocenters. The SMILES string of the molecule is Cn1cc(C(=O)CC(C)(C)CN2CCOCC2)c2cc[nH]c2c1=O. The summed E-state index contributed by atoms with van der Waals surface area (Å²) in [6.07, 6.45) is 3.82. The second-order valence-electron chi connectivity index (χ2n) is 7.38. The molecule has 1 aliphatic rings. The lowest BCUT2D eigenvalue weighted by Crippen LogP contribution is -2.42. The molecule has 3 rings (SSSR count). The van der Waals surface area contributed by atoms with E-state index in [4.69, 9.17) is 4.74 Å². The molecule has 0 saturated carbocycles. The number of hydrogen-bond acceptors (Lipinski definition) is 4. The second kappa shape index (κ2) is 6.53. The third-order valence-electron chi connectivity index (χ3n) is 4.59. The largest absolute Gasteiger partial charge is 0.379 e. The zero-order valence-corrected chi connectivity index (χ0v) is 14.6. The summed E-state index contributed by atoms with van der Waals surface area (Å²) in [5.74, 6) is 0.0773. The number of nitrogens with zero attached hydrogens (tertiary/aromatic N) is 2. The van der Waals surface area contributed by atoms with Gasteiger partial charge in [-0.15, -0.1) is 0 Å². The molecule has 0 bridgehead atoms. The van der Waals surface area contributed by atoms with Crippen molar-refractivity contribution in [2.45, 2.75) is 20.3 Å². The molecule has 2 aromatic rings. The number of ether oxygens (including phenoxy) is 1. The van der Waals surface area contributed by atoms with Gasteiger partial charge in [-0.1, -0.05) is 13.8 Å². The number of aromatic amines is 1. The molecule has 0 aromatic carbocycles. The van der Waals surface area contributed by atoms with Crippen molar-refractivity contribution in [3.8, 4) is 0 Å². The molecule has 6 nitrogen and oxygen atoms in total. The van der Waals surface area contributed by atoms with Gasteiger partial charge in [-0.2, -0.15) is 0 Å². The molecule has 1 fully saturated rings. The minimum atomic E-state index is -0.133. The Hall–Kier alpha value is -1.92. The molecule has 1 aliphatic heterocycles. The molecule has 1 saturated heterocycles. The third-order valence-corrected chi connectivity index (χ3v) is 4.59. The van der Waals surface area contributed by atoms with Crippen LogP contribution in [-0.2, 0) is 11.8 Å². The van der Waals surface area contributed by atoms with Gasteiger partial charge >= 0.3 is 0 Å². The molecule has 6 heteroatoms. The first-order valence-corrected chi connectivity index (χ1v) is 8.37. The van der Waals surface area contributed by atoms with Crippen molar-refractivity contribution in [2.75, 3.05) is 32.8 Å². The van der Waals surface area contributed by atoms with Crippen LogP contribution in [-0.4, -0.2) is 53.1 Å². The van der Waals surface area contributed by atoms with Crippen LogP contribution in [0, 0.1) is 5.41 Å². The molecule has 0 spiro atoms. The van der Waals surface area contributed by atoms with Crippen molar-refractivity contribution in [1.82, 2.24) is 14.5 Å². The topological polar surface area (TPSA) is 67.3 Å². The van der Waals surface area contributed by atoms with E-state index in [1.165, 1.54) is 4.57 Å². The number of aromatic nitrogens is 2. The Labute approximate surface area is 141 Å². The van der Waals surface area contributed by atoms with Crippen molar-refractivity contribution in [2.24, 2.45) is 12.5 Å². The van der Waals surface area contributed by atoms with Gasteiger partial charge < -0.3 is 14.3 Å². The standard InChI is InChI=1S/C18H25N3O3/c1-18(2,12-21-6-8-24-9-7-21)10-15(22)14-11-20(3)17(23)16-13(14)4-5-19-16/h4-5,11,19H,6-10,12H2,1-3H3. The minimum Gasteiger partial charge on any atom is -0.379 e. The monoisotopic (exact) mass is 331 g/mol. The number of ketones is 1. The van der Waals surface area contributed by atoms with Gasteiger partial charge in [-0.05, 0) is 11.5 Å². The lowest BCUT2D eigenvalue weighted by atomic mass is 9.84. The van der Waals surface area contributed by atoms with Crippen molar-refractivity contribution < 1.29 is 9.53 Å². The van der Waals surface area contributed by atoms with Crippen molar-refractivity contribution >= 4 is 16.7 Å². The van der Waals surface area contributed by atoms with Crippen LogP contribution in [0.25, 0.3) is 10.9 Å². The molecule has 3 heterocycles. The number of fused-ring (bicyclic) bond motifs is 1. The third kappa shape index (κ3) is 3.44. The summed E-state index contributed by atoms with van der Waals surface area (Å²) in [5, 5.41) is 0.713. The van der Waals surface area contributed by atoms with Crippen LogP contribution in [0.2, 0.25) is 0 Å². The van der Waals surface area contributed by atoms with E-state index in [2.05, 4.69) is 23.7 Å². The van der Waals surface area contributed by atoms with E-state index >= 15 is 0 Å². The van der Waals surface area contributed by atoms with Gasteiger partial charge in [-0.3, -0.25) is 14.5 Å². The average Bonchev–Trinajstić information content (AvgIpc) is 3.00. The van der Waals surface area contributed by atoms with Crippen LogP contribution in [0.4, 0.5) is 0 Å². The predicted octanol–water partition coefficient (Wildman–Crippen LogP) is 1.80. The van der Waals surface area contributed by atoms with E-state index in [-0.39, 0.29) is 16.8 Å². The minimum absolute atomic E-state index is 0.0773. The summed E-state index contributed by atoms with van der Waals surface area (Å²) >= 11 is 0. The molecule has 1 N–H and O–H groups in total. The summed E-state index contributed by atoms with van der Waals surface area (Å²) in [7, 11) is 1.68. The highest BCUT2D eigenvalue weighted by Gasteiger charge is 2.27. The zero-order chi connectivity index (χ0) is 17.3.